The zero-order valence-corrected chi connectivity index (χ0v) is 20.8. The number of nitrogens with zero attached hydrogens (tertiary/aromatic N) is 2. The molecule has 2 saturated carbocycles. The molecule has 2 N–H and O–H groups in total. The van der Waals surface area contributed by atoms with E-state index in [1.165, 1.54) is 0 Å². The Balaban J connectivity index is 1.14. The predicted octanol–water partition coefficient (Wildman–Crippen LogP) is 5.11. The number of hydrogen-bond acceptors (Lipinski definition) is 6. The van der Waals surface area contributed by atoms with E-state index in [2.05, 4.69) is 20.6 Å². The smallest absolute Gasteiger partial charge is 0.372 e. The van der Waals surface area contributed by atoms with Crippen LogP contribution in [0.15, 0.2) is 36.7 Å². The number of halogens is 3. The molecule has 0 amide bonds. The number of carbonyl (C=O) groups is 1. The summed E-state index contributed by atoms with van der Waals surface area (Å²) in [5.74, 6) is 0.706. The van der Waals surface area contributed by atoms with Gasteiger partial charge < -0.3 is 15.4 Å². The number of ketones is 1. The molecule has 0 radical (unpaired) electrons. The first-order chi connectivity index (χ1) is 17.8. The van der Waals surface area contributed by atoms with Crippen molar-refractivity contribution in [3.63, 3.8) is 0 Å². The molecule has 2 aliphatic heterocycles. The van der Waals surface area contributed by atoms with E-state index < -0.39 is 11.7 Å². The summed E-state index contributed by atoms with van der Waals surface area (Å²) in [7, 11) is 0. The lowest BCUT2D eigenvalue weighted by atomic mass is 9.70. The number of ether oxygens (including phenoxy) is 1. The van der Waals surface area contributed by atoms with E-state index in [-0.39, 0.29) is 29.3 Å². The number of alkyl halides is 3. The molecule has 4 heterocycles. The quantitative estimate of drug-likeness (QED) is 0.578. The Morgan fingerprint density at radius 1 is 1.16 bits per heavy atom. The van der Waals surface area contributed by atoms with Crippen LogP contribution in [0.1, 0.15) is 67.9 Å². The minimum atomic E-state index is -4.45. The highest BCUT2D eigenvalue weighted by Crippen LogP contribution is 2.56. The van der Waals surface area contributed by atoms with Crippen LogP contribution in [-0.2, 0) is 22.1 Å². The van der Waals surface area contributed by atoms with Gasteiger partial charge in [-0.3, -0.25) is 9.78 Å². The lowest BCUT2D eigenvalue weighted by Crippen LogP contribution is -2.44. The fraction of sp³-hybridized carbons (Fsp3) is 0.607. The molecule has 1 saturated heterocycles. The first kappa shape index (κ1) is 24.8. The van der Waals surface area contributed by atoms with E-state index in [4.69, 9.17) is 4.74 Å². The van der Waals surface area contributed by atoms with Gasteiger partial charge in [0.1, 0.15) is 17.7 Å². The Morgan fingerprint density at radius 2 is 2.05 bits per heavy atom. The van der Waals surface area contributed by atoms with Crippen molar-refractivity contribution >= 4 is 11.6 Å². The number of hydrogen-bond donors (Lipinski definition) is 2. The van der Waals surface area contributed by atoms with Crippen LogP contribution in [0.25, 0.3) is 0 Å². The van der Waals surface area contributed by atoms with Gasteiger partial charge in [0.2, 0.25) is 0 Å². The lowest BCUT2D eigenvalue weighted by molar-refractivity contribution is -0.137. The Labute approximate surface area is 214 Å². The van der Waals surface area contributed by atoms with Crippen molar-refractivity contribution in [1.82, 2.24) is 15.3 Å². The molecule has 2 aromatic rings. The Bertz CT molecular complexity index is 1140. The first-order valence-electron chi connectivity index (χ1n) is 13.4. The van der Waals surface area contributed by atoms with Gasteiger partial charge in [0.15, 0.2) is 0 Å². The maximum atomic E-state index is 14.0. The van der Waals surface area contributed by atoms with E-state index in [0.717, 1.165) is 62.9 Å². The zero-order chi connectivity index (χ0) is 25.6. The van der Waals surface area contributed by atoms with Gasteiger partial charge in [-0.1, -0.05) is 12.5 Å². The van der Waals surface area contributed by atoms with Crippen molar-refractivity contribution < 1.29 is 22.7 Å². The number of fused-ring (bicyclic) bond motifs is 2. The summed E-state index contributed by atoms with van der Waals surface area (Å²) < 4.78 is 45.7. The molecule has 3 fully saturated rings. The van der Waals surface area contributed by atoms with Crippen LogP contribution in [-0.4, -0.2) is 41.0 Å². The van der Waals surface area contributed by atoms with Gasteiger partial charge in [0, 0.05) is 49.0 Å². The molecule has 37 heavy (non-hydrogen) atoms. The second kappa shape index (κ2) is 9.66. The van der Waals surface area contributed by atoms with Crippen LogP contribution < -0.4 is 10.6 Å². The van der Waals surface area contributed by atoms with Crippen LogP contribution in [0.2, 0.25) is 0 Å². The summed E-state index contributed by atoms with van der Waals surface area (Å²) in [6.07, 6.45) is 5.05. The average Bonchev–Trinajstić information content (AvgIpc) is 3.46. The second-order valence-corrected chi connectivity index (χ2v) is 11.3. The number of anilines is 1. The molecule has 0 spiro atoms. The van der Waals surface area contributed by atoms with E-state index in [1.54, 1.807) is 6.20 Å². The molecule has 0 aromatic carbocycles. The highest BCUT2D eigenvalue weighted by molar-refractivity contribution is 5.89. The summed E-state index contributed by atoms with van der Waals surface area (Å²) in [6, 6.07) is 7.62. The highest BCUT2D eigenvalue weighted by atomic mass is 19.4. The topological polar surface area (TPSA) is 76.1 Å². The van der Waals surface area contributed by atoms with E-state index in [9.17, 15) is 18.0 Å². The molecule has 2 aliphatic carbocycles. The lowest BCUT2D eigenvalue weighted by Gasteiger charge is -2.35. The second-order valence-electron chi connectivity index (χ2n) is 11.3. The monoisotopic (exact) mass is 514 g/mol. The fourth-order valence-electron chi connectivity index (χ4n) is 7.36. The summed E-state index contributed by atoms with van der Waals surface area (Å²) in [6.45, 7) is 1.11. The highest BCUT2D eigenvalue weighted by Gasteiger charge is 2.56. The van der Waals surface area contributed by atoms with Crippen LogP contribution in [0.4, 0.5) is 19.0 Å². The summed E-state index contributed by atoms with van der Waals surface area (Å²) in [4.78, 5) is 22.5. The van der Waals surface area contributed by atoms with Gasteiger partial charge >= 0.3 is 6.18 Å². The van der Waals surface area contributed by atoms with Gasteiger partial charge in [-0.25, -0.2) is 4.98 Å². The fourth-order valence-corrected chi connectivity index (χ4v) is 7.36. The number of Topliss-reactive ketones (excluding diaryl/α,β-unsaturated/α-hetero) is 1. The van der Waals surface area contributed by atoms with Crippen molar-refractivity contribution in [2.45, 2.75) is 75.7 Å². The molecule has 1 unspecified atom stereocenters. The van der Waals surface area contributed by atoms with Gasteiger partial charge in [-0.2, -0.15) is 13.2 Å². The van der Waals surface area contributed by atoms with Crippen LogP contribution in [0.5, 0.6) is 0 Å². The molecule has 0 bridgehead atoms. The number of rotatable bonds is 5. The SMILES string of the molecule is O=C(C1CNc2ncc(C(F)(F)F)cc2C1)[C@@]12CCC[C@@H]1C[C@@H](N[C@H]1CCO[C@@H](c3ccccn3)C1)C2. The maximum absolute atomic E-state index is 14.0. The van der Waals surface area contributed by atoms with Crippen molar-refractivity contribution in [3.8, 4) is 0 Å². The van der Waals surface area contributed by atoms with E-state index in [1.807, 2.05) is 18.2 Å². The molecule has 6 atom stereocenters. The average molecular weight is 515 g/mol. The minimum Gasteiger partial charge on any atom is -0.372 e. The van der Waals surface area contributed by atoms with Gasteiger partial charge in [0.05, 0.1) is 11.3 Å². The molecule has 6 rings (SSSR count). The third kappa shape index (κ3) is 4.76. The number of aromatic nitrogens is 2. The van der Waals surface area contributed by atoms with Gasteiger partial charge in [0.25, 0.3) is 0 Å². The number of pyridine rings is 2. The standard InChI is InChI=1S/C28H33F3N4O2/c29-28(30,31)20-11-17-10-18(15-33-26(17)34-16-20)25(36)27-7-3-4-19(27)12-22(14-27)35-21-6-9-37-24(13-21)23-5-1-2-8-32-23/h1-2,5,8,11,16,18-19,21-22,24,35H,3-4,6-7,9-10,12-15H2,(H,33,34)/t18?,19-,21+,22-,24-,27-/m1/s1. The van der Waals surface area contributed by atoms with Crippen molar-refractivity contribution in [2.24, 2.45) is 17.3 Å². The molecular formula is C28H33F3N4O2. The largest absolute Gasteiger partial charge is 0.417 e. The van der Waals surface area contributed by atoms with Gasteiger partial charge in [-0.15, -0.1) is 0 Å². The summed E-state index contributed by atoms with van der Waals surface area (Å²) in [5, 5.41) is 6.99. The molecular weight excluding hydrogens is 481 g/mol. The molecule has 6 nitrogen and oxygen atoms in total. The number of nitrogens with one attached hydrogen (secondary N) is 2. The zero-order valence-electron chi connectivity index (χ0n) is 20.8. The van der Waals surface area contributed by atoms with Crippen molar-refractivity contribution in [3.05, 3.63) is 53.5 Å². The third-order valence-electron chi connectivity index (χ3n) is 9.05. The Hall–Kier alpha value is -2.52. The summed E-state index contributed by atoms with van der Waals surface area (Å²) in [5.41, 5.74) is 0.309. The predicted molar refractivity (Wildman–Crippen MR) is 132 cm³/mol. The minimum absolute atomic E-state index is 0.0208. The first-order valence-corrected chi connectivity index (χ1v) is 13.4. The van der Waals surface area contributed by atoms with Crippen molar-refractivity contribution in [1.29, 1.82) is 0 Å². The van der Waals surface area contributed by atoms with Crippen molar-refractivity contribution in [2.75, 3.05) is 18.5 Å². The Morgan fingerprint density at radius 3 is 2.86 bits per heavy atom. The van der Waals surface area contributed by atoms with Crippen LogP contribution in [0.3, 0.4) is 0 Å². The molecule has 198 valence electrons. The third-order valence-corrected chi connectivity index (χ3v) is 9.05. The van der Waals surface area contributed by atoms with Crippen LogP contribution >= 0.6 is 0 Å². The maximum Gasteiger partial charge on any atom is 0.417 e. The normalized spacial score (nSPS) is 33.4. The van der Waals surface area contributed by atoms with E-state index >= 15 is 0 Å². The van der Waals surface area contributed by atoms with Gasteiger partial charge in [-0.05, 0) is 74.6 Å². The number of carbonyl (C=O) groups excluding carboxylic acids is 1. The molecule has 2 aromatic heterocycles. The molecule has 9 heteroatoms. The summed E-state index contributed by atoms with van der Waals surface area (Å²) >= 11 is 0. The molecule has 4 aliphatic rings. The van der Waals surface area contributed by atoms with E-state index in [0.29, 0.717) is 42.9 Å². The Kier molecular flexibility index (Phi) is 6.47. The van der Waals surface area contributed by atoms with Crippen LogP contribution in [0, 0.1) is 17.3 Å².